The van der Waals surface area contributed by atoms with Crippen LogP contribution in [0.1, 0.15) is 37.4 Å². The lowest BCUT2D eigenvalue weighted by Crippen LogP contribution is -2.33. The van der Waals surface area contributed by atoms with Crippen molar-refractivity contribution in [3.05, 3.63) is 123 Å². The molecule has 206 valence electrons. The molecule has 0 aliphatic heterocycles. The van der Waals surface area contributed by atoms with Crippen LogP contribution in [0.15, 0.2) is 101 Å². The van der Waals surface area contributed by atoms with E-state index in [1.165, 1.54) is 18.3 Å². The fourth-order valence-corrected chi connectivity index (χ4v) is 3.96. The van der Waals surface area contributed by atoms with Crippen molar-refractivity contribution in [3.8, 4) is 5.75 Å². The van der Waals surface area contributed by atoms with Crippen molar-refractivity contribution in [2.75, 3.05) is 10.6 Å². The van der Waals surface area contributed by atoms with Crippen LogP contribution in [0.25, 0.3) is 0 Å². The van der Waals surface area contributed by atoms with Crippen LogP contribution in [0.5, 0.6) is 5.75 Å². The number of anilines is 2. The molecule has 4 rings (SSSR count). The minimum Gasteiger partial charge on any atom is -0.422 e. The zero-order valence-corrected chi connectivity index (χ0v) is 23.7. The summed E-state index contributed by atoms with van der Waals surface area (Å²) in [5.41, 5.74) is 5.86. The van der Waals surface area contributed by atoms with Crippen molar-refractivity contribution in [1.82, 2.24) is 5.43 Å². The summed E-state index contributed by atoms with van der Waals surface area (Å²) in [5.74, 6) is -2.91. The van der Waals surface area contributed by atoms with Gasteiger partial charge in [0.15, 0.2) is 0 Å². The summed E-state index contributed by atoms with van der Waals surface area (Å²) in [6.07, 6.45) is 1.25. The van der Waals surface area contributed by atoms with Gasteiger partial charge in [0.2, 0.25) is 0 Å². The maximum atomic E-state index is 12.8. The summed E-state index contributed by atoms with van der Waals surface area (Å²) in [7, 11) is 0. The fourth-order valence-electron chi connectivity index (χ4n) is 3.58. The molecule has 0 radical (unpaired) electrons. The Morgan fingerprint density at radius 3 is 2.15 bits per heavy atom. The second-order valence-electron chi connectivity index (χ2n) is 8.96. The van der Waals surface area contributed by atoms with Gasteiger partial charge in [-0.15, -0.1) is 0 Å². The highest BCUT2D eigenvalue weighted by Gasteiger charge is 2.18. The van der Waals surface area contributed by atoms with Crippen LogP contribution in [0.2, 0.25) is 0 Å². The van der Waals surface area contributed by atoms with E-state index >= 15 is 0 Å². The Morgan fingerprint density at radius 1 is 0.780 bits per heavy atom. The number of rotatable bonds is 7. The lowest BCUT2D eigenvalue weighted by atomic mass is 10.1. The molecule has 0 atom stereocenters. The highest BCUT2D eigenvalue weighted by molar-refractivity contribution is 9.10. The van der Waals surface area contributed by atoms with Gasteiger partial charge < -0.3 is 15.4 Å². The molecule has 41 heavy (non-hydrogen) atoms. The molecule has 0 aromatic heterocycles. The second kappa shape index (κ2) is 13.3. The van der Waals surface area contributed by atoms with Gasteiger partial charge in [0.1, 0.15) is 5.75 Å². The van der Waals surface area contributed by atoms with Crippen molar-refractivity contribution < 1.29 is 23.9 Å². The molecule has 3 amide bonds. The number of benzene rings is 4. The normalized spacial score (nSPS) is 10.6. The van der Waals surface area contributed by atoms with E-state index in [-0.39, 0.29) is 17.0 Å². The standard InChI is InChI=1S/C31H25BrN4O5/c1-19-7-11-21(12-8-19)31(40)41-27-16-13-23(32)17-22(27)18-33-36-30(39)29(38)35-26-6-4-3-5-25(26)28(37)34-24-14-9-20(2)10-15-24/h3-18H,1-2H3,(H,34,37)(H,35,38)(H,36,39). The van der Waals surface area contributed by atoms with Crippen molar-refractivity contribution in [3.63, 3.8) is 0 Å². The number of hydrogen-bond donors (Lipinski definition) is 3. The summed E-state index contributed by atoms with van der Waals surface area (Å²) < 4.78 is 6.19. The second-order valence-corrected chi connectivity index (χ2v) is 9.87. The molecule has 0 spiro atoms. The maximum Gasteiger partial charge on any atom is 0.343 e. The predicted octanol–water partition coefficient (Wildman–Crippen LogP) is 5.63. The Labute approximate surface area is 244 Å². The Balaban J connectivity index is 1.40. The molecule has 10 heteroatoms. The molecule has 4 aromatic rings. The number of nitrogens with one attached hydrogen (secondary N) is 3. The van der Waals surface area contributed by atoms with E-state index in [4.69, 9.17) is 4.74 Å². The third kappa shape index (κ3) is 7.96. The van der Waals surface area contributed by atoms with Gasteiger partial charge in [0.25, 0.3) is 5.91 Å². The van der Waals surface area contributed by atoms with E-state index in [0.29, 0.717) is 21.3 Å². The number of carbonyl (C=O) groups excluding carboxylic acids is 4. The van der Waals surface area contributed by atoms with Crippen molar-refractivity contribution in [1.29, 1.82) is 0 Å². The minimum absolute atomic E-state index is 0.151. The first-order valence-electron chi connectivity index (χ1n) is 12.4. The molecule has 9 nitrogen and oxygen atoms in total. The van der Waals surface area contributed by atoms with Crippen LogP contribution in [-0.4, -0.2) is 29.9 Å². The van der Waals surface area contributed by atoms with Gasteiger partial charge in [-0.2, -0.15) is 5.10 Å². The molecule has 0 bridgehead atoms. The average molecular weight is 613 g/mol. The molecule has 4 aromatic carbocycles. The number of para-hydroxylation sites is 1. The number of amides is 3. The van der Waals surface area contributed by atoms with Crippen LogP contribution in [0, 0.1) is 13.8 Å². The topological polar surface area (TPSA) is 126 Å². The SMILES string of the molecule is Cc1ccc(NC(=O)c2ccccc2NC(=O)C(=O)NN=Cc2cc(Br)ccc2OC(=O)c2ccc(C)cc2)cc1. The molecule has 0 aliphatic carbocycles. The predicted molar refractivity (Wildman–Crippen MR) is 160 cm³/mol. The summed E-state index contributed by atoms with van der Waals surface area (Å²) in [6, 6.07) is 25.4. The maximum absolute atomic E-state index is 12.8. The summed E-state index contributed by atoms with van der Waals surface area (Å²) >= 11 is 3.35. The number of hydrazone groups is 1. The van der Waals surface area contributed by atoms with Gasteiger partial charge in [0.05, 0.1) is 23.0 Å². The Kier molecular flexibility index (Phi) is 9.39. The van der Waals surface area contributed by atoms with E-state index in [0.717, 1.165) is 11.1 Å². The van der Waals surface area contributed by atoms with E-state index in [1.54, 1.807) is 66.7 Å². The van der Waals surface area contributed by atoms with Gasteiger partial charge in [-0.05, 0) is 68.4 Å². The first-order valence-corrected chi connectivity index (χ1v) is 13.2. The van der Waals surface area contributed by atoms with Crippen LogP contribution in [0.4, 0.5) is 11.4 Å². The minimum atomic E-state index is -1.07. The molecule has 0 unspecified atom stereocenters. The molecule has 0 heterocycles. The average Bonchev–Trinajstić information content (AvgIpc) is 2.96. The van der Waals surface area contributed by atoms with Crippen LogP contribution < -0.4 is 20.8 Å². The number of ether oxygens (including phenoxy) is 1. The van der Waals surface area contributed by atoms with Gasteiger partial charge in [-0.3, -0.25) is 14.4 Å². The van der Waals surface area contributed by atoms with Crippen LogP contribution >= 0.6 is 15.9 Å². The number of esters is 1. The number of halogens is 1. The lowest BCUT2D eigenvalue weighted by molar-refractivity contribution is -0.136. The molecule has 0 fully saturated rings. The Bertz CT molecular complexity index is 1630. The third-order valence-corrected chi connectivity index (χ3v) is 6.26. The molecule has 0 aliphatic rings. The Morgan fingerprint density at radius 2 is 1.44 bits per heavy atom. The zero-order chi connectivity index (χ0) is 29.4. The van der Waals surface area contributed by atoms with Crippen LogP contribution in [-0.2, 0) is 9.59 Å². The quantitative estimate of drug-likeness (QED) is 0.0820. The van der Waals surface area contributed by atoms with E-state index in [2.05, 4.69) is 37.1 Å². The van der Waals surface area contributed by atoms with E-state index in [1.807, 2.05) is 26.0 Å². The molecular weight excluding hydrogens is 588 g/mol. The van der Waals surface area contributed by atoms with Gasteiger partial charge in [0, 0.05) is 15.7 Å². The summed E-state index contributed by atoms with van der Waals surface area (Å²) in [6.45, 7) is 3.85. The first-order chi connectivity index (χ1) is 19.7. The third-order valence-electron chi connectivity index (χ3n) is 5.77. The van der Waals surface area contributed by atoms with Crippen molar-refractivity contribution in [2.24, 2.45) is 5.10 Å². The highest BCUT2D eigenvalue weighted by atomic mass is 79.9. The smallest absolute Gasteiger partial charge is 0.343 e. The first kappa shape index (κ1) is 28.9. The number of hydrogen-bond acceptors (Lipinski definition) is 6. The van der Waals surface area contributed by atoms with Crippen molar-refractivity contribution in [2.45, 2.75) is 13.8 Å². The number of aryl methyl sites for hydroxylation is 2. The van der Waals surface area contributed by atoms with Gasteiger partial charge in [-0.25, -0.2) is 10.2 Å². The van der Waals surface area contributed by atoms with E-state index in [9.17, 15) is 19.2 Å². The van der Waals surface area contributed by atoms with Gasteiger partial charge in [-0.1, -0.05) is 63.5 Å². The van der Waals surface area contributed by atoms with Gasteiger partial charge >= 0.3 is 17.8 Å². The largest absolute Gasteiger partial charge is 0.422 e. The zero-order valence-electron chi connectivity index (χ0n) is 22.1. The van der Waals surface area contributed by atoms with E-state index < -0.39 is 23.7 Å². The molecule has 0 saturated heterocycles. The molecular formula is C31H25BrN4O5. The number of carbonyl (C=O) groups is 4. The van der Waals surface area contributed by atoms with Crippen LogP contribution in [0.3, 0.4) is 0 Å². The monoisotopic (exact) mass is 612 g/mol. The Hall–Kier alpha value is -5.09. The summed E-state index contributed by atoms with van der Waals surface area (Å²) in [5, 5.41) is 9.05. The summed E-state index contributed by atoms with van der Waals surface area (Å²) in [4.78, 5) is 50.4. The highest BCUT2D eigenvalue weighted by Crippen LogP contribution is 2.23. The number of nitrogens with zero attached hydrogens (tertiary/aromatic N) is 1. The lowest BCUT2D eigenvalue weighted by Gasteiger charge is -2.11. The molecule has 3 N–H and O–H groups in total. The van der Waals surface area contributed by atoms with Crippen molar-refractivity contribution >= 4 is 57.2 Å². The fraction of sp³-hybridized carbons (Fsp3) is 0.0645. The molecule has 0 saturated carbocycles.